The van der Waals surface area contributed by atoms with E-state index in [1.54, 1.807) is 4.68 Å². The maximum Gasteiger partial charge on any atom is 0.152 e. The van der Waals surface area contributed by atoms with Crippen molar-refractivity contribution in [1.29, 1.82) is 0 Å². The summed E-state index contributed by atoms with van der Waals surface area (Å²) in [6, 6.07) is 0.449. The normalized spacial score (nSPS) is 13.5. The lowest BCUT2D eigenvalue weighted by molar-refractivity contribution is 0.394. The lowest BCUT2D eigenvalue weighted by Crippen LogP contribution is -2.36. The minimum absolute atomic E-state index is 0.449. The van der Waals surface area contributed by atoms with E-state index in [1.165, 1.54) is 0 Å². The zero-order valence-corrected chi connectivity index (χ0v) is 9.36. The van der Waals surface area contributed by atoms with Crippen LogP contribution in [0.5, 0.6) is 0 Å². The number of hydrogen-bond acceptors (Lipinski definition) is 4. The number of likely N-dealkylation sites (N-methyl/N-ethyl adjacent to an activating group) is 1. The lowest BCUT2D eigenvalue weighted by atomic mass is 10.0. The molecule has 14 heavy (non-hydrogen) atoms. The van der Waals surface area contributed by atoms with Crippen LogP contribution in [0.15, 0.2) is 0 Å². The first-order valence-electron chi connectivity index (χ1n) is 5.09. The van der Waals surface area contributed by atoms with Gasteiger partial charge in [-0.1, -0.05) is 20.8 Å². The number of hydrogen-bond donors (Lipinski definition) is 1. The van der Waals surface area contributed by atoms with E-state index in [4.69, 9.17) is 0 Å². The summed E-state index contributed by atoms with van der Waals surface area (Å²) in [6.07, 6.45) is 0.884. The van der Waals surface area contributed by atoms with Crippen molar-refractivity contribution in [2.75, 3.05) is 6.54 Å². The first-order valence-corrected chi connectivity index (χ1v) is 5.09. The van der Waals surface area contributed by atoms with Gasteiger partial charge in [0, 0.05) is 19.5 Å². The van der Waals surface area contributed by atoms with Crippen molar-refractivity contribution in [3.05, 3.63) is 5.82 Å². The minimum Gasteiger partial charge on any atom is -0.314 e. The smallest absolute Gasteiger partial charge is 0.152 e. The number of tetrazole rings is 1. The van der Waals surface area contributed by atoms with Crippen molar-refractivity contribution in [2.45, 2.75) is 33.2 Å². The molecule has 0 aliphatic carbocycles. The highest BCUT2D eigenvalue weighted by molar-refractivity contribution is 4.87. The van der Waals surface area contributed by atoms with Crippen molar-refractivity contribution in [2.24, 2.45) is 13.0 Å². The first-order chi connectivity index (χ1) is 6.65. The molecule has 0 aliphatic heterocycles. The lowest BCUT2D eigenvalue weighted by Gasteiger charge is -2.20. The van der Waals surface area contributed by atoms with Crippen LogP contribution >= 0.6 is 0 Å². The van der Waals surface area contributed by atoms with E-state index in [2.05, 4.69) is 41.6 Å². The summed E-state index contributed by atoms with van der Waals surface area (Å²) in [5.41, 5.74) is 0. The Hall–Kier alpha value is -0.970. The molecule has 0 aliphatic rings. The predicted octanol–water partition coefficient (Wildman–Crippen LogP) is 0.387. The second-order valence-corrected chi connectivity index (χ2v) is 3.83. The molecule has 0 saturated carbocycles. The second-order valence-electron chi connectivity index (χ2n) is 3.83. The summed E-state index contributed by atoms with van der Waals surface area (Å²) in [4.78, 5) is 0. The fraction of sp³-hybridized carbons (Fsp3) is 0.889. The van der Waals surface area contributed by atoms with Crippen LogP contribution in [-0.2, 0) is 13.5 Å². The number of aromatic nitrogens is 4. The number of aryl methyl sites for hydroxylation is 1. The third-order valence-electron chi connectivity index (χ3n) is 2.38. The highest BCUT2D eigenvalue weighted by Crippen LogP contribution is 2.06. The minimum atomic E-state index is 0.449. The van der Waals surface area contributed by atoms with Crippen LogP contribution in [0.2, 0.25) is 0 Å². The Morgan fingerprint density at radius 3 is 2.57 bits per heavy atom. The summed E-state index contributed by atoms with van der Waals surface area (Å²) in [6.45, 7) is 7.51. The van der Waals surface area contributed by atoms with Crippen LogP contribution in [0, 0.1) is 5.92 Å². The Bertz CT molecular complexity index is 268. The van der Waals surface area contributed by atoms with Crippen LogP contribution in [0.25, 0.3) is 0 Å². The molecule has 0 fully saturated rings. The molecule has 1 N–H and O–H groups in total. The van der Waals surface area contributed by atoms with E-state index >= 15 is 0 Å². The summed E-state index contributed by atoms with van der Waals surface area (Å²) in [5, 5.41) is 14.9. The van der Waals surface area contributed by atoms with Gasteiger partial charge in [0.25, 0.3) is 0 Å². The average molecular weight is 197 g/mol. The number of rotatable bonds is 5. The Labute approximate surface area is 84.9 Å². The van der Waals surface area contributed by atoms with E-state index in [1.807, 2.05) is 7.05 Å². The third kappa shape index (κ3) is 2.77. The molecule has 0 amide bonds. The highest BCUT2D eigenvalue weighted by atomic mass is 15.5. The predicted molar refractivity (Wildman–Crippen MR) is 54.8 cm³/mol. The van der Waals surface area contributed by atoms with Crippen molar-refractivity contribution in [3.63, 3.8) is 0 Å². The molecule has 0 spiro atoms. The molecule has 5 nitrogen and oxygen atoms in total. The maximum atomic E-state index is 3.98. The Kier molecular flexibility index (Phi) is 4.00. The molecular formula is C9H19N5. The van der Waals surface area contributed by atoms with E-state index < -0.39 is 0 Å². The molecule has 1 heterocycles. The van der Waals surface area contributed by atoms with E-state index in [0.29, 0.717) is 12.0 Å². The van der Waals surface area contributed by atoms with Crippen LogP contribution < -0.4 is 5.32 Å². The molecule has 0 radical (unpaired) electrons. The van der Waals surface area contributed by atoms with Gasteiger partial charge in [0.1, 0.15) is 0 Å². The SMILES string of the molecule is CCNC(Cc1nnnn1C)C(C)C. The zero-order chi connectivity index (χ0) is 10.6. The van der Waals surface area contributed by atoms with Crippen molar-refractivity contribution < 1.29 is 0 Å². The molecule has 1 aromatic rings. The average Bonchev–Trinajstić information content (AvgIpc) is 2.51. The third-order valence-corrected chi connectivity index (χ3v) is 2.38. The van der Waals surface area contributed by atoms with Gasteiger partial charge in [0.2, 0.25) is 0 Å². The topological polar surface area (TPSA) is 55.6 Å². The molecule has 1 unspecified atom stereocenters. The van der Waals surface area contributed by atoms with E-state index in [-0.39, 0.29) is 0 Å². The largest absolute Gasteiger partial charge is 0.314 e. The van der Waals surface area contributed by atoms with Gasteiger partial charge < -0.3 is 5.32 Å². The summed E-state index contributed by atoms with van der Waals surface area (Å²) < 4.78 is 1.73. The van der Waals surface area contributed by atoms with Gasteiger partial charge >= 0.3 is 0 Å². The maximum absolute atomic E-state index is 3.98. The van der Waals surface area contributed by atoms with Crippen LogP contribution in [0.4, 0.5) is 0 Å². The van der Waals surface area contributed by atoms with Gasteiger partial charge in [-0.15, -0.1) is 5.10 Å². The molecule has 1 aromatic heterocycles. The first kappa shape index (κ1) is 11.1. The monoisotopic (exact) mass is 197 g/mol. The quantitative estimate of drug-likeness (QED) is 0.741. The standard InChI is InChI=1S/C9H19N5/c1-5-10-8(7(2)3)6-9-11-12-13-14(9)4/h7-8,10H,5-6H2,1-4H3. The van der Waals surface area contributed by atoms with Crippen molar-refractivity contribution in [3.8, 4) is 0 Å². The molecular weight excluding hydrogens is 178 g/mol. The summed E-state index contributed by atoms with van der Waals surface area (Å²) in [7, 11) is 1.87. The summed E-state index contributed by atoms with van der Waals surface area (Å²) >= 11 is 0. The van der Waals surface area contributed by atoms with Crippen LogP contribution in [0.3, 0.4) is 0 Å². The summed E-state index contributed by atoms with van der Waals surface area (Å²) in [5.74, 6) is 1.52. The van der Waals surface area contributed by atoms with Gasteiger partial charge in [-0.3, -0.25) is 0 Å². The van der Waals surface area contributed by atoms with Crippen molar-refractivity contribution >= 4 is 0 Å². The molecule has 0 saturated heterocycles. The highest BCUT2D eigenvalue weighted by Gasteiger charge is 2.15. The van der Waals surface area contributed by atoms with E-state index in [0.717, 1.165) is 18.8 Å². The molecule has 1 atom stereocenters. The second kappa shape index (κ2) is 5.05. The number of nitrogens with one attached hydrogen (secondary N) is 1. The Morgan fingerprint density at radius 1 is 1.43 bits per heavy atom. The van der Waals surface area contributed by atoms with Crippen LogP contribution in [0.1, 0.15) is 26.6 Å². The van der Waals surface area contributed by atoms with Crippen molar-refractivity contribution in [1.82, 2.24) is 25.5 Å². The van der Waals surface area contributed by atoms with Crippen LogP contribution in [-0.4, -0.2) is 32.8 Å². The molecule has 1 rings (SSSR count). The molecule has 5 heteroatoms. The van der Waals surface area contributed by atoms with Gasteiger partial charge in [-0.25, -0.2) is 4.68 Å². The zero-order valence-electron chi connectivity index (χ0n) is 9.36. The molecule has 0 aromatic carbocycles. The van der Waals surface area contributed by atoms with Gasteiger partial charge in [-0.2, -0.15) is 0 Å². The van der Waals surface area contributed by atoms with Gasteiger partial charge in [-0.05, 0) is 22.9 Å². The fourth-order valence-electron chi connectivity index (χ4n) is 1.42. The Morgan fingerprint density at radius 2 is 2.14 bits per heavy atom. The Balaban J connectivity index is 2.60. The molecule has 0 bridgehead atoms. The van der Waals surface area contributed by atoms with Gasteiger partial charge in [0.05, 0.1) is 0 Å². The molecule has 80 valence electrons. The van der Waals surface area contributed by atoms with Gasteiger partial charge in [0.15, 0.2) is 5.82 Å². The van der Waals surface area contributed by atoms with E-state index in [9.17, 15) is 0 Å². The fourth-order valence-corrected chi connectivity index (χ4v) is 1.42. The number of nitrogens with zero attached hydrogens (tertiary/aromatic N) is 4.